The third-order valence-corrected chi connectivity index (χ3v) is 19.9. The van der Waals surface area contributed by atoms with Crippen LogP contribution >= 0.6 is 0 Å². The molecule has 5 aliphatic carbocycles. The topological polar surface area (TPSA) is 306 Å². The molecular formula is C52H82O19. The van der Waals surface area contributed by atoms with Gasteiger partial charge in [0.2, 0.25) is 6.29 Å². The highest BCUT2D eigenvalue weighted by Gasteiger charge is 2.74. The molecule has 2 saturated heterocycles. The molecular weight excluding hydrogens is 929 g/mol. The van der Waals surface area contributed by atoms with Crippen molar-refractivity contribution in [2.75, 3.05) is 0 Å². The summed E-state index contributed by atoms with van der Waals surface area (Å²) in [6.07, 6.45) is -16.9. The van der Waals surface area contributed by atoms with E-state index in [4.69, 9.17) is 28.4 Å². The normalized spacial score (nSPS) is 48.9. The number of aliphatic carboxylic acids is 1. The Balaban J connectivity index is 1.21. The highest BCUT2D eigenvalue weighted by atomic mass is 16.8. The molecule has 2 heterocycles. The van der Waals surface area contributed by atoms with E-state index < -0.39 is 167 Å². The van der Waals surface area contributed by atoms with E-state index in [1.165, 1.54) is 48.5 Å². The molecule has 7 unspecified atom stereocenters. The molecule has 4 saturated carbocycles. The fourth-order valence-corrected chi connectivity index (χ4v) is 14.7. The van der Waals surface area contributed by atoms with Gasteiger partial charge >= 0.3 is 23.9 Å². The zero-order valence-corrected chi connectivity index (χ0v) is 43.4. The smallest absolute Gasteiger partial charge is 0.317 e. The fraction of sp³-hybridized carbons (Fsp3) is 0.885. The maximum Gasteiger partial charge on any atom is 0.317 e. The highest BCUT2D eigenvalue weighted by molar-refractivity contribution is 5.80. The van der Waals surface area contributed by atoms with Gasteiger partial charge in [-0.2, -0.15) is 0 Å². The van der Waals surface area contributed by atoms with Crippen molar-refractivity contribution in [2.24, 2.45) is 62.1 Å². The zero-order chi connectivity index (χ0) is 53.0. The predicted octanol–water partition coefficient (Wildman–Crippen LogP) is 2.51. The summed E-state index contributed by atoms with van der Waals surface area (Å²) in [4.78, 5) is 54.7. The van der Waals surface area contributed by atoms with E-state index in [0.717, 1.165) is 5.57 Å². The largest absolute Gasteiger partial charge is 0.481 e. The number of aliphatic hydroxyl groups excluding tert-OH is 8. The first kappa shape index (κ1) is 55.9. The van der Waals surface area contributed by atoms with Crippen LogP contribution in [0.3, 0.4) is 0 Å². The molecule has 0 spiro atoms. The van der Waals surface area contributed by atoms with Gasteiger partial charge in [0, 0.05) is 0 Å². The molecule has 6 fully saturated rings. The van der Waals surface area contributed by atoms with Gasteiger partial charge in [-0.05, 0) is 139 Å². The van der Waals surface area contributed by atoms with E-state index in [-0.39, 0.29) is 30.6 Å². The molecule has 0 amide bonds. The highest BCUT2D eigenvalue weighted by Crippen LogP contribution is 2.76. The van der Waals surface area contributed by atoms with Gasteiger partial charge in [0.25, 0.3) is 0 Å². The Labute approximate surface area is 416 Å². The third kappa shape index (κ3) is 8.89. The number of carbonyl (C=O) groups is 4. The van der Waals surface area contributed by atoms with Crippen molar-refractivity contribution >= 4 is 23.9 Å². The Morgan fingerprint density at radius 3 is 1.96 bits per heavy atom. The quantitative estimate of drug-likeness (QED) is 0.0816. The molecule has 7 rings (SSSR count). The standard InChI is InChI=1S/C52H82O19/c1-22(24(3)53)41(61)66-25(4)23(2)42(62)69-38-27(6)68-44(39(37(38)59)70-43-36(58)35(57)34(56)26(5)67-43)71-46(65)52-18-17-47(7,8)19-29(52)28-13-14-31-48(9)20-30(54)40(60)51(12,45(63)64)32(48)15-16-49(31,10)50(28,11)21-33(52)55/h13,22-27,29-40,43-44,53-60H,14-21H2,1-12H3,(H,63,64)/t22?,23?,24?,25?,26-,27+,29?,30-,31?,32?,33+,34-,35+,36+,37-,38-,39+,40-,43-,44-,48+,49+,50+,51-,52+/m0/s1. The Kier molecular flexibility index (Phi) is 15.3. The van der Waals surface area contributed by atoms with Crippen LogP contribution in [0.5, 0.6) is 0 Å². The van der Waals surface area contributed by atoms with Crippen molar-refractivity contribution in [3.05, 3.63) is 11.6 Å². The van der Waals surface area contributed by atoms with Gasteiger partial charge in [0.05, 0.1) is 53.9 Å². The van der Waals surface area contributed by atoms with Crippen molar-refractivity contribution in [3.8, 4) is 0 Å². The van der Waals surface area contributed by atoms with Crippen LogP contribution in [0.2, 0.25) is 0 Å². The molecule has 0 radical (unpaired) electrons. The molecule has 2 aliphatic heterocycles. The van der Waals surface area contributed by atoms with Gasteiger partial charge in [-0.25, -0.2) is 0 Å². The minimum atomic E-state index is -1.87. The average molecular weight is 1010 g/mol. The van der Waals surface area contributed by atoms with Crippen molar-refractivity contribution in [3.63, 3.8) is 0 Å². The van der Waals surface area contributed by atoms with Crippen LogP contribution in [0, 0.1) is 62.1 Å². The molecule has 25 atom stereocenters. The third-order valence-electron chi connectivity index (χ3n) is 19.9. The van der Waals surface area contributed by atoms with Crippen molar-refractivity contribution in [1.82, 2.24) is 0 Å². The summed E-state index contributed by atoms with van der Waals surface area (Å²) in [5, 5.41) is 100. The molecule has 19 nitrogen and oxygen atoms in total. The van der Waals surface area contributed by atoms with Gasteiger partial charge in [-0.15, -0.1) is 0 Å². The minimum absolute atomic E-state index is 0.132. The van der Waals surface area contributed by atoms with E-state index in [1.807, 2.05) is 6.92 Å². The molecule has 9 N–H and O–H groups in total. The van der Waals surface area contributed by atoms with Crippen LogP contribution in [0.15, 0.2) is 11.6 Å². The van der Waals surface area contributed by atoms with Crippen LogP contribution in [0.1, 0.15) is 134 Å². The predicted molar refractivity (Wildman–Crippen MR) is 249 cm³/mol. The summed E-state index contributed by atoms with van der Waals surface area (Å²) < 4.78 is 35.8. The van der Waals surface area contributed by atoms with E-state index in [1.54, 1.807) is 0 Å². The molecule has 19 heteroatoms. The molecule has 0 aromatic carbocycles. The molecule has 71 heavy (non-hydrogen) atoms. The number of esters is 3. The van der Waals surface area contributed by atoms with Crippen LogP contribution in [0.4, 0.5) is 0 Å². The lowest BCUT2D eigenvalue weighted by atomic mass is 9.33. The second-order valence-corrected chi connectivity index (χ2v) is 24.5. The number of aliphatic hydroxyl groups is 8. The summed E-state index contributed by atoms with van der Waals surface area (Å²) in [7, 11) is 0. The Morgan fingerprint density at radius 1 is 0.704 bits per heavy atom. The van der Waals surface area contributed by atoms with Gasteiger partial charge in [0.1, 0.15) is 35.9 Å². The van der Waals surface area contributed by atoms with Crippen LogP contribution in [0.25, 0.3) is 0 Å². The lowest BCUT2D eigenvalue weighted by molar-refractivity contribution is -0.359. The minimum Gasteiger partial charge on any atom is -0.481 e. The number of carbonyl (C=O) groups excluding carboxylic acids is 3. The maximum atomic E-state index is 15.5. The van der Waals surface area contributed by atoms with E-state index in [9.17, 15) is 60.3 Å². The van der Waals surface area contributed by atoms with Crippen LogP contribution < -0.4 is 0 Å². The first-order valence-electron chi connectivity index (χ1n) is 25.7. The zero-order valence-electron chi connectivity index (χ0n) is 43.4. The summed E-state index contributed by atoms with van der Waals surface area (Å²) >= 11 is 0. The number of ether oxygens (including phenoxy) is 6. The number of allylic oxidation sites excluding steroid dienone is 2. The monoisotopic (exact) mass is 1010 g/mol. The Bertz CT molecular complexity index is 2060. The molecule has 0 aromatic rings. The molecule has 0 bridgehead atoms. The first-order valence-corrected chi connectivity index (χ1v) is 25.7. The fourth-order valence-electron chi connectivity index (χ4n) is 14.7. The molecule has 404 valence electrons. The number of hydrogen-bond donors (Lipinski definition) is 9. The van der Waals surface area contributed by atoms with E-state index >= 15 is 4.79 Å². The first-order chi connectivity index (χ1) is 32.7. The van der Waals surface area contributed by atoms with Gasteiger partial charge in [-0.3, -0.25) is 19.2 Å². The summed E-state index contributed by atoms with van der Waals surface area (Å²) in [6, 6.07) is 0. The van der Waals surface area contributed by atoms with Gasteiger partial charge in [-0.1, -0.05) is 46.3 Å². The number of hydrogen-bond acceptors (Lipinski definition) is 18. The average Bonchev–Trinajstić information content (AvgIpc) is 3.28. The molecule has 7 aliphatic rings. The summed E-state index contributed by atoms with van der Waals surface area (Å²) in [5.74, 6) is -6.80. The van der Waals surface area contributed by atoms with Crippen molar-refractivity contribution in [2.45, 2.75) is 226 Å². The summed E-state index contributed by atoms with van der Waals surface area (Å²) in [5.41, 5.74) is -4.45. The number of carboxylic acids is 1. The lowest BCUT2D eigenvalue weighted by Gasteiger charge is -2.71. The van der Waals surface area contributed by atoms with Gasteiger partial charge < -0.3 is 74.4 Å². The van der Waals surface area contributed by atoms with Crippen molar-refractivity contribution in [1.29, 1.82) is 0 Å². The lowest BCUT2D eigenvalue weighted by Crippen LogP contribution is -2.70. The van der Waals surface area contributed by atoms with Gasteiger partial charge in [0.15, 0.2) is 18.5 Å². The van der Waals surface area contributed by atoms with Crippen molar-refractivity contribution < 1.29 is 93.6 Å². The Hall–Kier alpha value is -2.82. The number of fused-ring (bicyclic) bond motifs is 7. The Morgan fingerprint density at radius 2 is 1.34 bits per heavy atom. The van der Waals surface area contributed by atoms with E-state index in [0.29, 0.717) is 32.1 Å². The second-order valence-electron chi connectivity index (χ2n) is 24.5. The second kappa shape index (κ2) is 19.4. The van der Waals surface area contributed by atoms with E-state index in [2.05, 4.69) is 33.8 Å². The SMILES string of the molecule is CC(O)C(C)C(=O)OC(C)C(C)C(=O)O[C@@H]1[C@H](O)[C@@H](O[C@@H]2O[C@@H](C)[C@H](O)[C@@H](O)[C@H]2O)[C@H](OC(=O)[C@]23CCC(C)(C)CC2C2=CCC4[C@@]5(C)C[C@H](O)[C@H](O)[C@@](C)(C(=O)O)C5CC[C@@]4(C)[C@]2(C)C[C@H]3O)O[C@@H]1C. The maximum absolute atomic E-state index is 15.5. The summed E-state index contributed by atoms with van der Waals surface area (Å²) in [6.45, 7) is 20.8. The van der Waals surface area contributed by atoms with Crippen LogP contribution in [-0.2, 0) is 47.6 Å². The number of carboxylic acid groups (broad SMARTS) is 1. The van der Waals surface area contributed by atoms with Crippen LogP contribution in [-0.4, -0.2) is 162 Å². The molecule has 0 aromatic heterocycles. The number of rotatable bonds is 11.